The molecule has 10 nitrogen and oxygen atoms in total. The third-order valence-corrected chi connectivity index (χ3v) is 13.6. The van der Waals surface area contributed by atoms with E-state index in [4.69, 9.17) is 16.3 Å². The Morgan fingerprint density at radius 1 is 1.17 bits per heavy atom. The smallest absolute Gasteiger partial charge is 0.317 e. The molecule has 2 aliphatic heterocycles. The summed E-state index contributed by atoms with van der Waals surface area (Å²) in [5.41, 5.74) is 3.08. The zero-order chi connectivity index (χ0) is 33.7. The van der Waals surface area contributed by atoms with E-state index in [2.05, 4.69) is 15.7 Å². The number of rotatable bonds is 3. The molecule has 2 aliphatic carbocycles. The van der Waals surface area contributed by atoms with Gasteiger partial charge in [0.1, 0.15) is 5.75 Å². The lowest BCUT2D eigenvalue weighted by Crippen LogP contribution is -2.50. The number of carbonyl (C=O) groups is 2. The molecule has 6 rings (SSSR count). The van der Waals surface area contributed by atoms with E-state index >= 15 is 0 Å². The largest absolute Gasteiger partial charge is 0.490 e. The fraction of sp³-hybridized carbons (Fsp3) is 0.600. The van der Waals surface area contributed by atoms with Crippen molar-refractivity contribution in [3.63, 3.8) is 0 Å². The maximum Gasteiger partial charge on any atom is 0.317 e. The van der Waals surface area contributed by atoms with Gasteiger partial charge in [-0.3, -0.25) is 14.5 Å². The Bertz CT molecular complexity index is 1640. The molecule has 1 amide bonds. The molecular weight excluding hydrogens is 642 g/mol. The molecule has 4 aliphatic rings. The highest BCUT2D eigenvalue weighted by molar-refractivity contribution is 7.90. The third-order valence-electron chi connectivity index (χ3n) is 11.4. The van der Waals surface area contributed by atoms with Crippen LogP contribution < -0.4 is 14.4 Å². The van der Waals surface area contributed by atoms with E-state index in [1.165, 1.54) is 11.1 Å². The van der Waals surface area contributed by atoms with Crippen LogP contribution in [0.2, 0.25) is 5.02 Å². The lowest BCUT2D eigenvalue weighted by atomic mass is 9.67. The summed E-state index contributed by atoms with van der Waals surface area (Å²) in [7, 11) is -2.38. The standard InChI is InChI=1S/C35H46ClN3O7S/c1-21-13-27(38(3)18-33(41)42)16-31(40)28-9-6-25(28)17-39-19-35(12-4-5-23-14-26(36)8-10-29(23)35)20-46-32-11-7-24(15-30(32)39)34(43)37-47(44,45)22(21)2/h7-8,10-11,14-15,21-22,25,27-28,31,40H,4-6,9,12-13,16-20H2,1-3H3,(H,37,43)(H,41,42)/t21-,22+,25-,27+,28+,31+,35-/m0/s1. The minimum absolute atomic E-state index is 0.00703. The second-order valence-corrected chi connectivity index (χ2v) is 16.9. The first-order valence-corrected chi connectivity index (χ1v) is 18.7. The van der Waals surface area contributed by atoms with Crippen molar-refractivity contribution in [2.24, 2.45) is 17.8 Å². The number of benzene rings is 2. The summed E-state index contributed by atoms with van der Waals surface area (Å²) in [4.78, 5) is 29.1. The molecule has 12 heteroatoms. The molecule has 2 bridgehead atoms. The predicted molar refractivity (Wildman–Crippen MR) is 181 cm³/mol. The second-order valence-electron chi connectivity index (χ2n) is 14.4. The zero-order valence-electron chi connectivity index (χ0n) is 27.3. The lowest BCUT2D eigenvalue weighted by Gasteiger charge is -2.46. The average Bonchev–Trinajstić information content (AvgIpc) is 3.14. The number of aliphatic hydroxyl groups excluding tert-OH is 1. The van der Waals surface area contributed by atoms with Crippen LogP contribution in [0.3, 0.4) is 0 Å². The van der Waals surface area contributed by atoms with Gasteiger partial charge in [-0.1, -0.05) is 24.6 Å². The molecule has 2 heterocycles. The maximum absolute atomic E-state index is 13.5. The minimum Gasteiger partial charge on any atom is -0.490 e. The van der Waals surface area contributed by atoms with Gasteiger partial charge in [0.05, 0.1) is 30.2 Å². The molecule has 0 aromatic heterocycles. The van der Waals surface area contributed by atoms with Gasteiger partial charge < -0.3 is 19.8 Å². The number of sulfonamides is 1. The number of carbonyl (C=O) groups excluding carboxylic acids is 1. The highest BCUT2D eigenvalue weighted by Gasteiger charge is 2.45. The van der Waals surface area contributed by atoms with Gasteiger partial charge in [-0.05, 0) is 118 Å². The summed E-state index contributed by atoms with van der Waals surface area (Å²) in [5, 5.41) is 21.0. The van der Waals surface area contributed by atoms with Gasteiger partial charge in [-0.2, -0.15) is 0 Å². The molecule has 0 radical (unpaired) electrons. The van der Waals surface area contributed by atoms with Crippen LogP contribution in [-0.2, 0) is 26.7 Å². The van der Waals surface area contributed by atoms with Crippen LogP contribution in [0.5, 0.6) is 5.75 Å². The summed E-state index contributed by atoms with van der Waals surface area (Å²) >= 11 is 6.41. The first-order valence-electron chi connectivity index (χ1n) is 16.7. The highest BCUT2D eigenvalue weighted by Crippen LogP contribution is 2.47. The number of anilines is 1. The fourth-order valence-corrected chi connectivity index (χ4v) is 9.81. The van der Waals surface area contributed by atoms with Crippen LogP contribution in [0, 0.1) is 17.8 Å². The summed E-state index contributed by atoms with van der Waals surface area (Å²) in [6.45, 7) is 4.86. The summed E-state index contributed by atoms with van der Waals surface area (Å²) in [5.74, 6) is -1.29. The molecular formula is C35H46ClN3O7S. The number of carboxylic acids is 1. The average molecular weight is 688 g/mol. The Labute approximate surface area is 282 Å². The molecule has 47 heavy (non-hydrogen) atoms. The number of fused-ring (bicyclic) bond motifs is 4. The first-order chi connectivity index (χ1) is 22.3. The molecule has 1 spiro atoms. The van der Waals surface area contributed by atoms with Gasteiger partial charge >= 0.3 is 5.97 Å². The normalized spacial score (nSPS) is 32.3. The Hall–Kier alpha value is -2.86. The van der Waals surface area contributed by atoms with Gasteiger partial charge in [0.15, 0.2) is 0 Å². The lowest BCUT2D eigenvalue weighted by molar-refractivity contribution is -0.138. The van der Waals surface area contributed by atoms with Crippen molar-refractivity contribution < 1.29 is 33.0 Å². The highest BCUT2D eigenvalue weighted by atomic mass is 35.5. The van der Waals surface area contributed by atoms with Crippen LogP contribution in [0.1, 0.15) is 73.9 Å². The number of amides is 1. The first kappa shape index (κ1) is 34.0. The van der Waals surface area contributed by atoms with Crippen molar-refractivity contribution in [2.75, 3.05) is 38.2 Å². The van der Waals surface area contributed by atoms with Crippen LogP contribution >= 0.6 is 11.6 Å². The van der Waals surface area contributed by atoms with Gasteiger partial charge in [-0.15, -0.1) is 0 Å². The molecule has 7 atom stereocenters. The number of hydrogen-bond acceptors (Lipinski definition) is 8. The van der Waals surface area contributed by atoms with Gasteiger partial charge in [0, 0.05) is 35.1 Å². The molecule has 0 unspecified atom stereocenters. The van der Waals surface area contributed by atoms with E-state index in [9.17, 15) is 28.2 Å². The van der Waals surface area contributed by atoms with Crippen LogP contribution in [0.25, 0.3) is 0 Å². The van der Waals surface area contributed by atoms with E-state index in [1.54, 1.807) is 44.0 Å². The molecule has 2 aromatic rings. The molecule has 256 valence electrons. The summed E-state index contributed by atoms with van der Waals surface area (Å²) in [6.07, 6.45) is 4.64. The summed E-state index contributed by atoms with van der Waals surface area (Å²) in [6, 6.07) is 10.8. The van der Waals surface area contributed by atoms with E-state index in [0.717, 1.165) is 37.8 Å². The summed E-state index contributed by atoms with van der Waals surface area (Å²) < 4.78 is 35.8. The van der Waals surface area contributed by atoms with Crippen LogP contribution in [-0.4, -0.2) is 86.1 Å². The number of nitrogens with one attached hydrogen (secondary N) is 1. The maximum atomic E-state index is 13.5. The van der Waals surface area contributed by atoms with E-state index in [1.807, 2.05) is 12.1 Å². The zero-order valence-corrected chi connectivity index (χ0v) is 28.9. The Morgan fingerprint density at radius 3 is 2.68 bits per heavy atom. The molecule has 3 N–H and O–H groups in total. The molecule has 1 fully saturated rings. The van der Waals surface area contributed by atoms with Crippen molar-refractivity contribution in [1.29, 1.82) is 0 Å². The monoisotopic (exact) mass is 687 g/mol. The second kappa shape index (κ2) is 13.2. The van der Waals surface area contributed by atoms with Crippen molar-refractivity contribution in [3.05, 3.63) is 58.1 Å². The number of carboxylic acid groups (broad SMARTS) is 1. The number of hydrogen-bond donors (Lipinski definition) is 3. The quantitative estimate of drug-likeness (QED) is 0.427. The van der Waals surface area contributed by atoms with E-state index in [0.29, 0.717) is 43.3 Å². The molecule has 0 saturated heterocycles. The van der Waals surface area contributed by atoms with Crippen molar-refractivity contribution >= 4 is 39.2 Å². The van der Waals surface area contributed by atoms with Crippen molar-refractivity contribution in [3.8, 4) is 5.75 Å². The van der Waals surface area contributed by atoms with Crippen LogP contribution in [0.4, 0.5) is 5.69 Å². The van der Waals surface area contributed by atoms with Crippen LogP contribution in [0.15, 0.2) is 36.4 Å². The number of ether oxygens (including phenoxy) is 1. The Balaban J connectivity index is 1.40. The van der Waals surface area contributed by atoms with Crippen molar-refractivity contribution in [1.82, 2.24) is 9.62 Å². The number of nitrogens with zero attached hydrogens (tertiary/aromatic N) is 2. The minimum atomic E-state index is -4.08. The topological polar surface area (TPSA) is 136 Å². The SMILES string of the molecule is C[C@@H]1[C@@H](C)C[C@@H](N(C)CC(=O)O)C[C@@H](O)[C@@H]2CC[C@H]2CN2C[C@@]3(CCCc4cc(Cl)ccc43)COc3ccc(cc32)C(=O)NS1(=O)=O. The van der Waals surface area contributed by atoms with Gasteiger partial charge in [-0.25, -0.2) is 13.1 Å². The van der Waals surface area contributed by atoms with Gasteiger partial charge in [0.25, 0.3) is 5.91 Å². The van der Waals surface area contributed by atoms with E-state index in [-0.39, 0.29) is 35.4 Å². The number of aliphatic carboxylic acids is 1. The number of aryl methyl sites for hydroxylation is 1. The number of likely N-dealkylation sites (N-methyl/N-ethyl adjacent to an activating group) is 1. The van der Waals surface area contributed by atoms with Crippen molar-refractivity contribution in [2.45, 2.75) is 81.6 Å². The molecule has 1 saturated carbocycles. The Morgan fingerprint density at radius 2 is 1.96 bits per heavy atom. The Kier molecular flexibility index (Phi) is 9.56. The molecule has 2 aromatic carbocycles. The third kappa shape index (κ3) is 6.86. The predicted octanol–water partition coefficient (Wildman–Crippen LogP) is 4.46. The number of aliphatic hydroxyl groups is 1. The number of halogens is 1. The van der Waals surface area contributed by atoms with Gasteiger partial charge in [0.2, 0.25) is 10.0 Å². The van der Waals surface area contributed by atoms with E-state index < -0.39 is 39.2 Å². The fourth-order valence-electron chi connectivity index (χ4n) is 8.33.